The Hall–Kier alpha value is -0.980. The van der Waals surface area contributed by atoms with Crippen molar-refractivity contribution in [2.45, 2.75) is 19.9 Å². The maximum absolute atomic E-state index is 10.8. The zero-order valence-corrected chi connectivity index (χ0v) is 13.2. The van der Waals surface area contributed by atoms with E-state index in [-0.39, 0.29) is 10.6 Å². The summed E-state index contributed by atoms with van der Waals surface area (Å²) in [6.45, 7) is 7.29. The minimum absolute atomic E-state index is 0.134. The minimum Gasteiger partial charge on any atom is -0.312 e. The molecule has 0 saturated carbocycles. The van der Waals surface area contributed by atoms with Crippen LogP contribution in [0.3, 0.4) is 0 Å². The fourth-order valence-electron chi connectivity index (χ4n) is 2.63. The van der Waals surface area contributed by atoms with Crippen LogP contribution in [-0.4, -0.2) is 36.0 Å². The normalized spacial score (nSPS) is 19.4. The molecule has 0 bridgehead atoms. The maximum atomic E-state index is 10.8. The summed E-state index contributed by atoms with van der Waals surface area (Å²) in [5.41, 5.74) is 1.07. The molecule has 0 aromatic heterocycles. The molecule has 20 heavy (non-hydrogen) atoms. The van der Waals surface area contributed by atoms with Crippen LogP contribution >= 0.6 is 15.9 Å². The van der Waals surface area contributed by atoms with Crippen molar-refractivity contribution in [3.8, 4) is 0 Å². The van der Waals surface area contributed by atoms with Crippen molar-refractivity contribution in [3.63, 3.8) is 0 Å². The third kappa shape index (κ3) is 4.26. The van der Waals surface area contributed by atoms with E-state index in [9.17, 15) is 10.1 Å². The van der Waals surface area contributed by atoms with Crippen molar-refractivity contribution in [3.05, 3.63) is 38.3 Å². The molecule has 1 aliphatic heterocycles. The molecule has 0 radical (unpaired) electrons. The lowest BCUT2D eigenvalue weighted by atomic mass is 10.1. The first-order valence-corrected chi connectivity index (χ1v) is 7.74. The molecule has 1 saturated heterocycles. The Balaban J connectivity index is 1.84. The smallest absolute Gasteiger partial charge is 0.270 e. The lowest BCUT2D eigenvalue weighted by molar-refractivity contribution is -0.385. The Kier molecular flexibility index (Phi) is 5.51. The second-order valence-corrected chi connectivity index (χ2v) is 6.17. The molecule has 1 atom stereocenters. The monoisotopic (exact) mass is 341 g/mol. The number of nitro groups is 1. The summed E-state index contributed by atoms with van der Waals surface area (Å²) in [6.07, 6.45) is 1.24. The Labute approximate surface area is 127 Å². The summed E-state index contributed by atoms with van der Waals surface area (Å²) in [4.78, 5) is 12.9. The van der Waals surface area contributed by atoms with Crippen molar-refractivity contribution in [1.82, 2.24) is 10.2 Å². The van der Waals surface area contributed by atoms with Crippen molar-refractivity contribution in [1.29, 1.82) is 0 Å². The topological polar surface area (TPSA) is 58.4 Å². The highest BCUT2D eigenvalue weighted by atomic mass is 79.9. The highest BCUT2D eigenvalue weighted by Crippen LogP contribution is 2.21. The zero-order valence-electron chi connectivity index (χ0n) is 11.6. The van der Waals surface area contributed by atoms with Crippen molar-refractivity contribution >= 4 is 21.6 Å². The van der Waals surface area contributed by atoms with E-state index >= 15 is 0 Å². The van der Waals surface area contributed by atoms with Gasteiger partial charge in [0.15, 0.2) is 0 Å². The second kappa shape index (κ2) is 7.15. The number of nitrogens with zero attached hydrogens (tertiary/aromatic N) is 2. The molecule has 0 spiro atoms. The van der Waals surface area contributed by atoms with Crippen LogP contribution in [0.2, 0.25) is 0 Å². The van der Waals surface area contributed by atoms with E-state index in [1.165, 1.54) is 19.0 Å². The van der Waals surface area contributed by atoms with Gasteiger partial charge in [-0.05, 0) is 43.6 Å². The minimum atomic E-state index is -0.357. The Morgan fingerprint density at radius 1 is 1.50 bits per heavy atom. The molecular formula is C14H20BrN3O2. The fraction of sp³-hybridized carbons (Fsp3) is 0.571. The number of hydrogen-bond donors (Lipinski definition) is 1. The van der Waals surface area contributed by atoms with E-state index in [0.29, 0.717) is 12.5 Å². The largest absolute Gasteiger partial charge is 0.312 e. The van der Waals surface area contributed by atoms with Gasteiger partial charge in [-0.25, -0.2) is 0 Å². The molecule has 1 unspecified atom stereocenters. The van der Waals surface area contributed by atoms with Crippen molar-refractivity contribution < 1.29 is 4.92 Å². The van der Waals surface area contributed by atoms with Crippen LogP contribution in [0.4, 0.5) is 5.69 Å². The molecule has 1 aromatic carbocycles. The number of nitrogens with one attached hydrogen (secondary N) is 1. The number of nitro benzene ring substituents is 1. The van der Waals surface area contributed by atoms with E-state index in [1.807, 2.05) is 6.07 Å². The molecule has 5 nitrogen and oxygen atoms in total. The number of non-ortho nitro benzene ring substituents is 1. The average Bonchev–Trinajstić information content (AvgIpc) is 2.86. The van der Waals surface area contributed by atoms with Gasteiger partial charge in [0.25, 0.3) is 5.69 Å². The summed E-state index contributed by atoms with van der Waals surface area (Å²) in [5, 5.41) is 14.2. The van der Waals surface area contributed by atoms with Gasteiger partial charge in [-0.2, -0.15) is 0 Å². The number of rotatable bonds is 6. The first-order chi connectivity index (χ1) is 9.58. The van der Waals surface area contributed by atoms with E-state index in [0.717, 1.165) is 29.7 Å². The molecule has 1 aromatic rings. The number of likely N-dealkylation sites (tertiary alicyclic amines) is 1. The van der Waals surface area contributed by atoms with Gasteiger partial charge in [0.1, 0.15) is 0 Å². The van der Waals surface area contributed by atoms with E-state index in [4.69, 9.17) is 0 Å². The third-order valence-corrected chi connectivity index (χ3v) is 4.19. The first kappa shape index (κ1) is 15.4. The summed E-state index contributed by atoms with van der Waals surface area (Å²) < 4.78 is 0.751. The number of hydrogen-bond acceptors (Lipinski definition) is 4. The van der Waals surface area contributed by atoms with Crippen LogP contribution in [0.5, 0.6) is 0 Å². The SMILES string of the molecule is CCN1CCC(CNCc2cc(Br)cc([N+](=O)[O-])c2)C1. The standard InChI is InChI=1S/C14H20BrN3O2/c1-2-17-4-3-11(10-17)8-16-9-12-5-13(15)7-14(6-12)18(19)20/h5-7,11,16H,2-4,8-10H2,1H3. The van der Waals surface area contributed by atoms with Gasteiger partial charge in [0.05, 0.1) is 4.92 Å². The van der Waals surface area contributed by atoms with Crippen LogP contribution in [0, 0.1) is 16.0 Å². The van der Waals surface area contributed by atoms with Gasteiger partial charge in [0, 0.05) is 29.7 Å². The van der Waals surface area contributed by atoms with Crippen LogP contribution in [0.1, 0.15) is 18.9 Å². The fourth-order valence-corrected chi connectivity index (χ4v) is 3.16. The van der Waals surface area contributed by atoms with Gasteiger partial charge < -0.3 is 10.2 Å². The molecule has 110 valence electrons. The van der Waals surface area contributed by atoms with Gasteiger partial charge in [-0.1, -0.05) is 22.9 Å². The molecule has 1 aliphatic rings. The molecule has 2 rings (SSSR count). The van der Waals surface area contributed by atoms with Gasteiger partial charge in [-0.15, -0.1) is 0 Å². The molecule has 0 aliphatic carbocycles. The predicted octanol–water partition coefficient (Wildman–Crippen LogP) is 2.79. The van der Waals surface area contributed by atoms with E-state index in [1.54, 1.807) is 6.07 Å². The van der Waals surface area contributed by atoms with Crippen molar-refractivity contribution in [2.75, 3.05) is 26.2 Å². The quantitative estimate of drug-likeness (QED) is 0.638. The Bertz CT molecular complexity index is 481. The second-order valence-electron chi connectivity index (χ2n) is 5.25. The summed E-state index contributed by atoms with van der Waals surface area (Å²) in [6, 6.07) is 5.08. The van der Waals surface area contributed by atoms with Gasteiger partial charge in [0.2, 0.25) is 0 Å². The highest BCUT2D eigenvalue weighted by molar-refractivity contribution is 9.10. The summed E-state index contributed by atoms with van der Waals surface area (Å²) >= 11 is 3.32. The van der Waals surface area contributed by atoms with Crippen molar-refractivity contribution in [2.24, 2.45) is 5.92 Å². The summed E-state index contributed by atoms with van der Waals surface area (Å²) in [7, 11) is 0. The van der Waals surface area contributed by atoms with Gasteiger partial charge >= 0.3 is 0 Å². The molecule has 0 amide bonds. The first-order valence-electron chi connectivity index (χ1n) is 6.95. The maximum Gasteiger partial charge on any atom is 0.270 e. The molecule has 6 heteroatoms. The van der Waals surface area contributed by atoms with E-state index in [2.05, 4.69) is 33.1 Å². The molecule has 1 N–H and O–H groups in total. The lowest BCUT2D eigenvalue weighted by Crippen LogP contribution is -2.26. The zero-order chi connectivity index (χ0) is 14.5. The Morgan fingerprint density at radius 3 is 2.95 bits per heavy atom. The molecule has 1 heterocycles. The van der Waals surface area contributed by atoms with E-state index < -0.39 is 0 Å². The average molecular weight is 342 g/mol. The number of halogens is 1. The number of benzene rings is 1. The third-order valence-electron chi connectivity index (χ3n) is 3.73. The summed E-state index contributed by atoms with van der Waals surface area (Å²) in [5.74, 6) is 0.692. The lowest BCUT2D eigenvalue weighted by Gasteiger charge is -2.13. The van der Waals surface area contributed by atoms with Crippen LogP contribution in [0.25, 0.3) is 0 Å². The van der Waals surface area contributed by atoms with Crippen LogP contribution in [0.15, 0.2) is 22.7 Å². The Morgan fingerprint density at radius 2 is 2.30 bits per heavy atom. The molecular weight excluding hydrogens is 322 g/mol. The predicted molar refractivity (Wildman–Crippen MR) is 82.7 cm³/mol. The van der Waals surface area contributed by atoms with Crippen LogP contribution in [-0.2, 0) is 6.54 Å². The van der Waals surface area contributed by atoms with Gasteiger partial charge in [-0.3, -0.25) is 10.1 Å². The highest BCUT2D eigenvalue weighted by Gasteiger charge is 2.20. The van der Waals surface area contributed by atoms with Crippen LogP contribution < -0.4 is 5.32 Å². The molecule has 1 fully saturated rings.